The van der Waals surface area contributed by atoms with Gasteiger partial charge in [0.05, 0.1) is 10.0 Å². The average molecular weight is 494 g/mol. The Balaban J connectivity index is 2.68. The molecule has 0 aliphatic rings. The first-order chi connectivity index (χ1) is 13.5. The average Bonchev–Trinajstić information content (AvgIpc) is 2.63. The number of aromatic hydroxyl groups is 2. The molecule has 0 saturated heterocycles. The molecule has 0 bridgehead atoms. The summed E-state index contributed by atoms with van der Waals surface area (Å²) in [5, 5.41) is 20.1. The summed E-state index contributed by atoms with van der Waals surface area (Å²) in [7, 11) is -5.16. The highest BCUT2D eigenvalue weighted by Gasteiger charge is 2.53. The molecule has 29 heavy (non-hydrogen) atoms. The van der Waals surface area contributed by atoms with E-state index in [1.54, 1.807) is 6.07 Å². The van der Waals surface area contributed by atoms with Crippen molar-refractivity contribution in [1.82, 2.24) is 0 Å². The van der Waals surface area contributed by atoms with Crippen molar-refractivity contribution in [1.29, 1.82) is 0 Å². The molecule has 3 aromatic carbocycles. The maximum Gasteiger partial charge on any atom is 0.283 e. The van der Waals surface area contributed by atoms with Crippen molar-refractivity contribution in [2.75, 3.05) is 0 Å². The van der Waals surface area contributed by atoms with Crippen molar-refractivity contribution in [3.05, 3.63) is 91.4 Å². The van der Waals surface area contributed by atoms with Gasteiger partial charge in [0.2, 0.25) is 0 Å². The third-order valence-electron chi connectivity index (χ3n) is 4.40. The lowest BCUT2D eigenvalue weighted by atomic mass is 9.83. The van der Waals surface area contributed by atoms with E-state index in [9.17, 15) is 23.2 Å². The molecule has 0 heterocycles. The fourth-order valence-corrected chi connectivity index (χ4v) is 5.59. The van der Waals surface area contributed by atoms with Crippen LogP contribution in [0.25, 0.3) is 0 Å². The second-order valence-corrected chi connectivity index (χ2v) is 9.25. The molecule has 0 aromatic heterocycles. The summed E-state index contributed by atoms with van der Waals surface area (Å²) in [4.78, 5) is 0. The molecule has 1 unspecified atom stereocenters. The summed E-state index contributed by atoms with van der Waals surface area (Å²) >= 11 is 24.6. The number of benzene rings is 3. The second-order valence-electron chi connectivity index (χ2n) is 6.06. The Bertz CT molecular complexity index is 1210. The zero-order valence-electron chi connectivity index (χ0n) is 14.3. The topological polar surface area (TPSA) is 94.8 Å². The molecule has 0 fully saturated rings. The summed E-state index contributed by atoms with van der Waals surface area (Å²) in [5.74, 6) is -1.15. The van der Waals surface area contributed by atoms with Crippen molar-refractivity contribution in [3.63, 3.8) is 0 Å². The Morgan fingerprint density at radius 3 is 1.97 bits per heavy atom. The van der Waals surface area contributed by atoms with Crippen molar-refractivity contribution in [2.45, 2.75) is 4.75 Å². The Kier molecular flexibility index (Phi) is 5.98. The lowest BCUT2D eigenvalue weighted by molar-refractivity contribution is 0.439. The fourth-order valence-electron chi connectivity index (χ4n) is 3.23. The van der Waals surface area contributed by atoms with Crippen LogP contribution in [0.3, 0.4) is 0 Å². The first kappa shape index (κ1) is 22.0. The lowest BCUT2D eigenvalue weighted by Gasteiger charge is -2.34. The third-order valence-corrected chi connectivity index (χ3v) is 7.09. The van der Waals surface area contributed by atoms with Crippen LogP contribution in [0.4, 0.5) is 0 Å². The summed E-state index contributed by atoms with van der Waals surface area (Å²) in [6.07, 6.45) is 0. The van der Waals surface area contributed by atoms with Gasteiger partial charge in [-0.1, -0.05) is 76.7 Å². The standard InChI is InChI=1S/C19H12Cl4O5S/c20-10-8-13(17(23)16(24)9-10)19(29(26,27)28,11-4-1-2-6-14(11)21)12-5-3-7-15(22)18(12)25/h1-9,24-25H,(H,26,27,28). The van der Waals surface area contributed by atoms with E-state index in [1.807, 2.05) is 0 Å². The van der Waals surface area contributed by atoms with Crippen LogP contribution in [0, 0.1) is 0 Å². The van der Waals surface area contributed by atoms with E-state index in [0.717, 1.165) is 12.1 Å². The molecule has 0 amide bonds. The van der Waals surface area contributed by atoms with Gasteiger partial charge in [0.1, 0.15) is 11.5 Å². The maximum atomic E-state index is 13.0. The number of phenols is 2. The Labute approximate surface area is 186 Å². The van der Waals surface area contributed by atoms with Gasteiger partial charge in [0.25, 0.3) is 10.1 Å². The number of hydrogen-bond acceptors (Lipinski definition) is 4. The lowest BCUT2D eigenvalue weighted by Crippen LogP contribution is -2.39. The minimum Gasteiger partial charge on any atom is -0.506 e. The molecule has 3 aromatic rings. The molecule has 0 radical (unpaired) electrons. The van der Waals surface area contributed by atoms with E-state index < -0.39 is 31.4 Å². The second kappa shape index (κ2) is 7.87. The number of hydrogen-bond donors (Lipinski definition) is 3. The summed E-state index contributed by atoms with van der Waals surface area (Å²) < 4.78 is 34.0. The van der Waals surface area contributed by atoms with E-state index in [-0.39, 0.29) is 31.8 Å². The molecule has 0 spiro atoms. The van der Waals surface area contributed by atoms with Crippen molar-refractivity contribution in [2.24, 2.45) is 0 Å². The first-order valence-corrected chi connectivity index (χ1v) is 10.9. The van der Waals surface area contributed by atoms with Crippen molar-refractivity contribution in [3.8, 4) is 11.5 Å². The van der Waals surface area contributed by atoms with Crippen LogP contribution in [-0.4, -0.2) is 23.2 Å². The maximum absolute atomic E-state index is 13.0. The van der Waals surface area contributed by atoms with Gasteiger partial charge in [-0.2, -0.15) is 8.42 Å². The van der Waals surface area contributed by atoms with Crippen LogP contribution < -0.4 is 0 Å². The predicted octanol–water partition coefficient (Wildman–Crippen LogP) is 5.89. The highest BCUT2D eigenvalue weighted by molar-refractivity contribution is 7.87. The highest BCUT2D eigenvalue weighted by atomic mass is 35.5. The summed E-state index contributed by atoms with van der Waals surface area (Å²) in [5.41, 5.74) is -0.785. The van der Waals surface area contributed by atoms with Gasteiger partial charge in [0, 0.05) is 32.8 Å². The minimum absolute atomic E-state index is 0.0555. The minimum atomic E-state index is -5.16. The largest absolute Gasteiger partial charge is 0.506 e. The van der Waals surface area contributed by atoms with Gasteiger partial charge in [-0.25, -0.2) is 0 Å². The Hall–Kier alpha value is -1.67. The molecule has 152 valence electrons. The quantitative estimate of drug-likeness (QED) is 0.311. The van der Waals surface area contributed by atoms with Crippen molar-refractivity contribution >= 4 is 56.5 Å². The fraction of sp³-hybridized carbons (Fsp3) is 0.0526. The molecule has 10 heteroatoms. The summed E-state index contributed by atoms with van der Waals surface area (Å²) in [6.45, 7) is 0. The van der Waals surface area contributed by atoms with Crippen LogP contribution in [0.2, 0.25) is 20.1 Å². The molecular weight excluding hydrogens is 482 g/mol. The van der Waals surface area contributed by atoms with Gasteiger partial charge in [0.15, 0.2) is 4.75 Å². The highest BCUT2D eigenvalue weighted by Crippen LogP contribution is 2.53. The van der Waals surface area contributed by atoms with E-state index in [2.05, 4.69) is 0 Å². The van der Waals surface area contributed by atoms with E-state index in [1.165, 1.54) is 36.4 Å². The van der Waals surface area contributed by atoms with Crippen LogP contribution in [0.5, 0.6) is 11.5 Å². The zero-order chi connectivity index (χ0) is 21.6. The van der Waals surface area contributed by atoms with Crippen LogP contribution in [0.1, 0.15) is 16.7 Å². The van der Waals surface area contributed by atoms with Crippen LogP contribution in [0.15, 0.2) is 54.6 Å². The first-order valence-electron chi connectivity index (χ1n) is 7.90. The molecule has 0 saturated carbocycles. The normalized spacial score (nSPS) is 13.8. The predicted molar refractivity (Wildman–Crippen MR) is 114 cm³/mol. The third kappa shape index (κ3) is 3.54. The van der Waals surface area contributed by atoms with Gasteiger partial charge in [-0.3, -0.25) is 4.55 Å². The molecule has 1 atom stereocenters. The molecule has 3 rings (SSSR count). The molecule has 0 aliphatic heterocycles. The SMILES string of the molecule is O=S(=O)(O)C(c1ccccc1Cl)(c1cccc(Cl)c1O)c1cc(Cl)cc(O)c1Cl. The van der Waals surface area contributed by atoms with E-state index in [4.69, 9.17) is 46.4 Å². The molecule has 0 aliphatic carbocycles. The molecular formula is C19H12Cl4O5S. The monoisotopic (exact) mass is 492 g/mol. The molecule has 3 N–H and O–H groups in total. The van der Waals surface area contributed by atoms with E-state index in [0.29, 0.717) is 0 Å². The van der Waals surface area contributed by atoms with Gasteiger partial charge >= 0.3 is 0 Å². The number of para-hydroxylation sites is 1. The zero-order valence-corrected chi connectivity index (χ0v) is 18.1. The van der Waals surface area contributed by atoms with Gasteiger partial charge in [-0.05, 0) is 18.2 Å². The number of phenolic OH excluding ortho intramolecular Hbond substituents is 2. The number of rotatable bonds is 4. The summed E-state index contributed by atoms with van der Waals surface area (Å²) in [6, 6.07) is 12.0. The van der Waals surface area contributed by atoms with Crippen LogP contribution in [-0.2, 0) is 14.9 Å². The van der Waals surface area contributed by atoms with Gasteiger partial charge < -0.3 is 10.2 Å². The van der Waals surface area contributed by atoms with Gasteiger partial charge in [-0.15, -0.1) is 0 Å². The number of halogens is 4. The Morgan fingerprint density at radius 2 is 1.34 bits per heavy atom. The van der Waals surface area contributed by atoms with Crippen molar-refractivity contribution < 1.29 is 23.2 Å². The Morgan fingerprint density at radius 1 is 0.759 bits per heavy atom. The molecule has 5 nitrogen and oxygen atoms in total. The smallest absolute Gasteiger partial charge is 0.283 e. The van der Waals surface area contributed by atoms with Crippen LogP contribution >= 0.6 is 46.4 Å². The van der Waals surface area contributed by atoms with E-state index >= 15 is 0 Å².